The summed E-state index contributed by atoms with van der Waals surface area (Å²) in [4.78, 5) is 55.3. The third-order valence-electron chi connectivity index (χ3n) is 4.62. The predicted molar refractivity (Wildman–Crippen MR) is 106 cm³/mol. The molecule has 5 unspecified atom stereocenters. The highest BCUT2D eigenvalue weighted by atomic mass is 16.4. The summed E-state index contributed by atoms with van der Waals surface area (Å²) in [7, 11) is 0. The van der Waals surface area contributed by atoms with E-state index in [-0.39, 0.29) is 12.3 Å². The number of nitrogens with one attached hydrogen (secondary N) is 4. The molecule has 12 heteroatoms. The third kappa shape index (κ3) is 7.44. The van der Waals surface area contributed by atoms with Crippen molar-refractivity contribution in [1.29, 1.82) is 0 Å². The molecular weight excluding hydrogens is 396 g/mol. The molecule has 0 aliphatic carbocycles. The average Bonchev–Trinajstić information content (AvgIpc) is 3.21. The molecule has 8 N–H and O–H groups in total. The summed E-state index contributed by atoms with van der Waals surface area (Å²) in [6.45, 7) is 4.19. The van der Waals surface area contributed by atoms with Crippen molar-refractivity contribution < 1.29 is 29.4 Å². The van der Waals surface area contributed by atoms with Gasteiger partial charge in [0.2, 0.25) is 17.7 Å². The Kier molecular flexibility index (Phi) is 9.92. The number of hydrogen-bond acceptors (Lipinski definition) is 7. The molecule has 0 bridgehead atoms. The van der Waals surface area contributed by atoms with Gasteiger partial charge in [-0.15, -0.1) is 0 Å². The fraction of sp³-hybridized carbons (Fsp3) is 0.611. The number of aliphatic carboxylic acids is 1. The van der Waals surface area contributed by atoms with E-state index in [1.54, 1.807) is 13.8 Å². The predicted octanol–water partition coefficient (Wildman–Crippen LogP) is -2.12. The third-order valence-corrected chi connectivity index (χ3v) is 4.62. The van der Waals surface area contributed by atoms with Gasteiger partial charge in [-0.1, -0.05) is 20.3 Å². The number of aliphatic hydroxyl groups is 1. The average molecular weight is 426 g/mol. The van der Waals surface area contributed by atoms with Gasteiger partial charge in [-0.25, -0.2) is 9.78 Å². The molecule has 0 saturated heterocycles. The Labute approximate surface area is 174 Å². The largest absolute Gasteiger partial charge is 0.480 e. The minimum absolute atomic E-state index is 0.0769. The molecule has 0 saturated carbocycles. The van der Waals surface area contributed by atoms with Crippen molar-refractivity contribution in [3.05, 3.63) is 18.2 Å². The minimum Gasteiger partial charge on any atom is -0.480 e. The SMILES string of the molecule is CCC(C)C(NC(=O)C(Cc1cnc[nH]1)NC(=O)C(C)N)C(=O)NC(CO)C(=O)O. The van der Waals surface area contributed by atoms with Crippen LogP contribution >= 0.6 is 0 Å². The molecule has 3 amide bonds. The van der Waals surface area contributed by atoms with Crippen LogP contribution in [-0.2, 0) is 25.6 Å². The smallest absolute Gasteiger partial charge is 0.328 e. The number of H-pyrrole nitrogens is 1. The van der Waals surface area contributed by atoms with Crippen LogP contribution in [0.2, 0.25) is 0 Å². The first-order chi connectivity index (χ1) is 14.1. The highest BCUT2D eigenvalue weighted by Gasteiger charge is 2.32. The molecule has 12 nitrogen and oxygen atoms in total. The summed E-state index contributed by atoms with van der Waals surface area (Å²) in [5.74, 6) is -3.70. The maximum Gasteiger partial charge on any atom is 0.328 e. The van der Waals surface area contributed by atoms with Gasteiger partial charge in [0.15, 0.2) is 0 Å². The Hall–Kier alpha value is -2.99. The van der Waals surface area contributed by atoms with E-state index in [1.165, 1.54) is 19.4 Å². The number of aromatic nitrogens is 2. The molecule has 0 aromatic carbocycles. The lowest BCUT2D eigenvalue weighted by atomic mass is 9.97. The highest BCUT2D eigenvalue weighted by molar-refractivity contribution is 5.94. The highest BCUT2D eigenvalue weighted by Crippen LogP contribution is 2.10. The molecule has 0 fully saturated rings. The molecule has 168 valence electrons. The van der Waals surface area contributed by atoms with Crippen LogP contribution < -0.4 is 21.7 Å². The number of nitrogens with zero attached hydrogens (tertiary/aromatic N) is 1. The fourth-order valence-corrected chi connectivity index (χ4v) is 2.53. The maximum absolute atomic E-state index is 12.9. The van der Waals surface area contributed by atoms with E-state index >= 15 is 0 Å². The van der Waals surface area contributed by atoms with Crippen molar-refractivity contribution in [3.63, 3.8) is 0 Å². The number of carbonyl (C=O) groups excluding carboxylic acids is 3. The van der Waals surface area contributed by atoms with Crippen molar-refractivity contribution in [2.45, 2.75) is 57.8 Å². The first kappa shape index (κ1) is 25.0. The van der Waals surface area contributed by atoms with Gasteiger partial charge in [0.05, 0.1) is 19.0 Å². The van der Waals surface area contributed by atoms with E-state index < -0.39 is 54.5 Å². The van der Waals surface area contributed by atoms with Gasteiger partial charge in [0.1, 0.15) is 18.1 Å². The first-order valence-corrected chi connectivity index (χ1v) is 9.58. The molecule has 1 aromatic rings. The van der Waals surface area contributed by atoms with Crippen molar-refractivity contribution in [2.24, 2.45) is 11.7 Å². The van der Waals surface area contributed by atoms with Gasteiger partial charge in [0, 0.05) is 18.3 Å². The van der Waals surface area contributed by atoms with Crippen molar-refractivity contribution in [2.75, 3.05) is 6.61 Å². The monoisotopic (exact) mass is 426 g/mol. The van der Waals surface area contributed by atoms with Gasteiger partial charge < -0.3 is 36.9 Å². The number of aromatic amines is 1. The Bertz CT molecular complexity index is 723. The summed E-state index contributed by atoms with van der Waals surface area (Å²) in [6.07, 6.45) is 3.50. The molecule has 1 rings (SSSR count). The molecule has 0 radical (unpaired) electrons. The Morgan fingerprint density at radius 1 is 1.10 bits per heavy atom. The standard InChI is InChI=1S/C18H30N6O6/c1-4-9(2)14(17(28)23-13(7-25)18(29)30)24-16(27)12(22-15(26)10(3)19)5-11-6-20-8-21-11/h6,8-10,12-14,25H,4-5,7,19H2,1-3H3,(H,20,21)(H,22,26)(H,23,28)(H,24,27)(H,29,30). The zero-order chi connectivity index (χ0) is 22.8. The van der Waals surface area contributed by atoms with E-state index in [0.29, 0.717) is 12.1 Å². The summed E-state index contributed by atoms with van der Waals surface area (Å²) in [5.41, 5.74) is 6.15. The second kappa shape index (κ2) is 11.9. The summed E-state index contributed by atoms with van der Waals surface area (Å²) < 4.78 is 0. The molecule has 30 heavy (non-hydrogen) atoms. The number of amides is 3. The second-order valence-electron chi connectivity index (χ2n) is 7.08. The topological polar surface area (TPSA) is 200 Å². The maximum atomic E-state index is 12.9. The molecular formula is C18H30N6O6. The molecule has 1 heterocycles. The van der Waals surface area contributed by atoms with Crippen molar-refractivity contribution >= 4 is 23.7 Å². The Morgan fingerprint density at radius 2 is 1.73 bits per heavy atom. The lowest BCUT2D eigenvalue weighted by Gasteiger charge is -2.27. The summed E-state index contributed by atoms with van der Waals surface area (Å²) >= 11 is 0. The first-order valence-electron chi connectivity index (χ1n) is 9.58. The van der Waals surface area contributed by atoms with E-state index in [4.69, 9.17) is 15.9 Å². The van der Waals surface area contributed by atoms with Crippen LogP contribution in [0.3, 0.4) is 0 Å². The van der Waals surface area contributed by atoms with E-state index in [0.717, 1.165) is 0 Å². The van der Waals surface area contributed by atoms with Gasteiger partial charge in [0.25, 0.3) is 0 Å². The number of nitrogens with two attached hydrogens (primary N) is 1. The van der Waals surface area contributed by atoms with Crippen LogP contribution in [0, 0.1) is 5.92 Å². The molecule has 1 aromatic heterocycles. The zero-order valence-corrected chi connectivity index (χ0v) is 17.2. The lowest BCUT2D eigenvalue weighted by Crippen LogP contribution is -2.59. The van der Waals surface area contributed by atoms with Crippen LogP contribution in [0.1, 0.15) is 32.9 Å². The number of carbonyl (C=O) groups is 4. The summed E-state index contributed by atoms with van der Waals surface area (Å²) in [6, 6.07) is -4.47. The quantitative estimate of drug-likeness (QED) is 0.196. The van der Waals surface area contributed by atoms with E-state index in [1.807, 2.05) is 0 Å². The molecule has 0 aliphatic rings. The van der Waals surface area contributed by atoms with E-state index in [2.05, 4.69) is 25.9 Å². The normalized spacial score (nSPS) is 15.9. The number of aliphatic hydroxyl groups excluding tert-OH is 1. The molecule has 5 atom stereocenters. The fourth-order valence-electron chi connectivity index (χ4n) is 2.53. The Morgan fingerprint density at radius 3 is 2.20 bits per heavy atom. The zero-order valence-electron chi connectivity index (χ0n) is 17.2. The van der Waals surface area contributed by atoms with Crippen LogP contribution in [0.15, 0.2) is 12.5 Å². The van der Waals surface area contributed by atoms with Crippen LogP contribution in [-0.4, -0.2) is 74.6 Å². The van der Waals surface area contributed by atoms with Crippen LogP contribution in [0.5, 0.6) is 0 Å². The molecule has 0 spiro atoms. The van der Waals surface area contributed by atoms with Crippen LogP contribution in [0.4, 0.5) is 0 Å². The number of imidazole rings is 1. The van der Waals surface area contributed by atoms with Gasteiger partial charge in [-0.2, -0.15) is 0 Å². The van der Waals surface area contributed by atoms with Crippen molar-refractivity contribution in [1.82, 2.24) is 25.9 Å². The van der Waals surface area contributed by atoms with Crippen LogP contribution in [0.25, 0.3) is 0 Å². The Balaban J connectivity index is 3.01. The van der Waals surface area contributed by atoms with Crippen molar-refractivity contribution in [3.8, 4) is 0 Å². The van der Waals surface area contributed by atoms with Gasteiger partial charge in [-0.05, 0) is 12.8 Å². The molecule has 0 aliphatic heterocycles. The number of carboxylic acid groups (broad SMARTS) is 1. The van der Waals surface area contributed by atoms with Gasteiger partial charge in [-0.3, -0.25) is 14.4 Å². The summed E-state index contributed by atoms with van der Waals surface area (Å²) in [5, 5.41) is 25.5. The van der Waals surface area contributed by atoms with E-state index in [9.17, 15) is 19.2 Å². The number of carboxylic acids is 1. The van der Waals surface area contributed by atoms with Gasteiger partial charge >= 0.3 is 5.97 Å². The second-order valence-corrected chi connectivity index (χ2v) is 7.08. The number of hydrogen-bond donors (Lipinski definition) is 7. The number of rotatable bonds is 12. The lowest BCUT2D eigenvalue weighted by molar-refractivity contribution is -0.143. The minimum atomic E-state index is -1.50.